The molecule has 0 aliphatic heterocycles. The monoisotopic (exact) mass is 500 g/mol. The summed E-state index contributed by atoms with van der Waals surface area (Å²) >= 11 is 0. The Kier molecular flexibility index (Phi) is 6.08. The molecule has 0 aliphatic rings. The molecule has 0 atom stereocenters. The molecular weight excluding hydrogens is 499 g/mol. The molecule has 0 fully saturated rings. The van der Waals surface area contributed by atoms with Crippen molar-refractivity contribution in [1.82, 2.24) is 0 Å². The second-order valence-electron chi connectivity index (χ2n) is 4.97. The zero-order chi connectivity index (χ0) is 24.5. The van der Waals surface area contributed by atoms with E-state index in [4.69, 9.17) is 4.55 Å². The standard InChI is InChI=1S/C8HF17O3S/c9-2(6(18,19)20,7(21,22)23)1(4(12,13)14,5(15,16)17)3(10,11)8(24,25)29(26,27)28/h(H,26,27,28). The maximum absolute atomic E-state index is 13.8. The van der Waals surface area contributed by atoms with Gasteiger partial charge >= 0.3 is 51.7 Å². The topological polar surface area (TPSA) is 54.4 Å². The molecule has 0 bridgehead atoms. The lowest BCUT2D eigenvalue weighted by atomic mass is 9.65. The summed E-state index contributed by atoms with van der Waals surface area (Å²) in [5.41, 5.74) is -18.8. The van der Waals surface area contributed by atoms with Crippen LogP contribution in [0.2, 0.25) is 0 Å². The molecule has 21 heteroatoms. The minimum absolute atomic E-state index is 7.77. The molecule has 1 N–H and O–H groups in total. The molecule has 0 spiro atoms. The van der Waals surface area contributed by atoms with E-state index in [9.17, 15) is 83.1 Å². The fourth-order valence-corrected chi connectivity index (χ4v) is 2.57. The predicted molar refractivity (Wildman–Crippen MR) is 51.9 cm³/mol. The maximum atomic E-state index is 13.8. The summed E-state index contributed by atoms with van der Waals surface area (Å²) in [5.74, 6) is -9.18. The van der Waals surface area contributed by atoms with E-state index in [0.717, 1.165) is 0 Å². The summed E-state index contributed by atoms with van der Waals surface area (Å²) in [6.45, 7) is 0. The molecule has 0 heterocycles. The van der Waals surface area contributed by atoms with Gasteiger partial charge in [-0.05, 0) is 0 Å². The lowest BCUT2D eigenvalue weighted by molar-refractivity contribution is -0.513. The second-order valence-corrected chi connectivity index (χ2v) is 6.43. The van der Waals surface area contributed by atoms with Crippen LogP contribution in [0.5, 0.6) is 0 Å². The highest BCUT2D eigenvalue weighted by Crippen LogP contribution is 2.74. The van der Waals surface area contributed by atoms with Crippen LogP contribution in [-0.2, 0) is 10.1 Å². The summed E-state index contributed by atoms with van der Waals surface area (Å²) in [4.78, 5) is 0. The molecule has 0 saturated heterocycles. The summed E-state index contributed by atoms with van der Waals surface area (Å²) in [6.07, 6.45) is -35.3. The van der Waals surface area contributed by atoms with Crippen molar-refractivity contribution in [3.8, 4) is 0 Å². The average Bonchev–Trinajstić information content (AvgIpc) is 2.30. The van der Waals surface area contributed by atoms with Crippen molar-refractivity contribution < 1.29 is 87.6 Å². The van der Waals surface area contributed by atoms with E-state index in [1.807, 2.05) is 0 Å². The minimum Gasteiger partial charge on any atom is -0.281 e. The normalized spacial score (nSPS) is 16.9. The van der Waals surface area contributed by atoms with Gasteiger partial charge in [-0.2, -0.15) is 78.7 Å². The van der Waals surface area contributed by atoms with Gasteiger partial charge in [-0.3, -0.25) is 4.55 Å². The number of halogens is 17. The van der Waals surface area contributed by atoms with E-state index in [1.54, 1.807) is 0 Å². The van der Waals surface area contributed by atoms with Gasteiger partial charge in [-0.25, -0.2) is 4.39 Å². The highest BCUT2D eigenvalue weighted by atomic mass is 32.2. The Hall–Kier alpha value is -1.28. The van der Waals surface area contributed by atoms with E-state index in [1.165, 1.54) is 0 Å². The van der Waals surface area contributed by atoms with E-state index >= 15 is 0 Å². The van der Waals surface area contributed by atoms with Crippen LogP contribution >= 0.6 is 0 Å². The molecule has 0 aliphatic carbocycles. The summed E-state index contributed by atoms with van der Waals surface area (Å²) in [5, 5.41) is -8.36. The molecule has 0 aromatic heterocycles. The van der Waals surface area contributed by atoms with Gasteiger partial charge in [0, 0.05) is 0 Å². The van der Waals surface area contributed by atoms with Crippen LogP contribution in [0.4, 0.5) is 74.6 Å². The van der Waals surface area contributed by atoms with Crippen LogP contribution in [0, 0.1) is 5.41 Å². The number of hydrogen-bond acceptors (Lipinski definition) is 2. The molecule has 176 valence electrons. The fraction of sp³-hybridized carbons (Fsp3) is 1.00. The smallest absolute Gasteiger partial charge is 0.281 e. The van der Waals surface area contributed by atoms with Crippen molar-refractivity contribution in [3.63, 3.8) is 0 Å². The van der Waals surface area contributed by atoms with E-state index in [-0.39, 0.29) is 0 Å². The quantitative estimate of drug-likeness (QED) is 0.435. The minimum atomic E-state index is -9.50. The molecular formula is C8HF17O3S. The molecule has 0 unspecified atom stereocenters. The molecule has 0 aromatic rings. The molecule has 0 saturated carbocycles. The van der Waals surface area contributed by atoms with Crippen LogP contribution in [0.1, 0.15) is 0 Å². The third-order valence-electron chi connectivity index (χ3n) is 3.31. The van der Waals surface area contributed by atoms with Gasteiger partial charge in [0.2, 0.25) is 0 Å². The van der Waals surface area contributed by atoms with Crippen LogP contribution in [0.3, 0.4) is 0 Å². The number of alkyl halides is 17. The Morgan fingerprint density at radius 3 is 0.862 bits per heavy atom. The van der Waals surface area contributed by atoms with Gasteiger partial charge in [-0.1, -0.05) is 0 Å². The van der Waals surface area contributed by atoms with Crippen LogP contribution in [-0.4, -0.2) is 54.5 Å². The zero-order valence-corrected chi connectivity index (χ0v) is 12.9. The molecule has 0 rings (SSSR count). The SMILES string of the molecule is O=S(=O)(O)C(F)(F)C(F)(F)C(C(F)(F)F)(C(F)(F)F)C(F)(C(F)(F)F)C(F)(F)F. The number of rotatable bonds is 4. The number of hydrogen-bond donors (Lipinski definition) is 1. The molecule has 0 amide bonds. The van der Waals surface area contributed by atoms with Gasteiger partial charge in [0.15, 0.2) is 0 Å². The van der Waals surface area contributed by atoms with Crippen molar-refractivity contribution in [1.29, 1.82) is 0 Å². The van der Waals surface area contributed by atoms with Gasteiger partial charge < -0.3 is 0 Å². The van der Waals surface area contributed by atoms with Crippen LogP contribution < -0.4 is 0 Å². The van der Waals surface area contributed by atoms with Gasteiger partial charge in [0.1, 0.15) is 0 Å². The first-order chi connectivity index (χ1) is 12.0. The van der Waals surface area contributed by atoms with E-state index in [0.29, 0.717) is 0 Å². The van der Waals surface area contributed by atoms with Gasteiger partial charge in [-0.15, -0.1) is 0 Å². The molecule has 0 radical (unpaired) electrons. The van der Waals surface area contributed by atoms with E-state index < -0.39 is 57.1 Å². The van der Waals surface area contributed by atoms with Crippen molar-refractivity contribution in [2.45, 2.75) is 41.6 Å². The fourth-order valence-electron chi connectivity index (χ4n) is 2.09. The van der Waals surface area contributed by atoms with Crippen molar-refractivity contribution >= 4 is 10.1 Å². The van der Waals surface area contributed by atoms with E-state index in [2.05, 4.69) is 0 Å². The molecule has 3 nitrogen and oxygen atoms in total. The third kappa shape index (κ3) is 3.26. The first-order valence-corrected chi connectivity index (χ1v) is 7.12. The first-order valence-electron chi connectivity index (χ1n) is 5.68. The van der Waals surface area contributed by atoms with Gasteiger partial charge in [0.05, 0.1) is 0 Å². The lowest BCUT2D eigenvalue weighted by Gasteiger charge is -2.51. The lowest BCUT2D eigenvalue weighted by Crippen LogP contribution is -2.82. The summed E-state index contributed by atoms with van der Waals surface area (Å²) in [7, 11) is -8.30. The van der Waals surface area contributed by atoms with Gasteiger partial charge in [0.25, 0.3) is 5.41 Å². The predicted octanol–water partition coefficient (Wildman–Crippen LogP) is 5.05. The Labute approximate surface area is 146 Å². The highest BCUT2D eigenvalue weighted by molar-refractivity contribution is 7.87. The van der Waals surface area contributed by atoms with Crippen molar-refractivity contribution in [2.75, 3.05) is 0 Å². The highest BCUT2D eigenvalue weighted by Gasteiger charge is 3.05. The molecule has 29 heavy (non-hydrogen) atoms. The van der Waals surface area contributed by atoms with Crippen molar-refractivity contribution in [2.24, 2.45) is 5.41 Å². The third-order valence-corrected chi connectivity index (χ3v) is 4.21. The van der Waals surface area contributed by atoms with Crippen LogP contribution in [0.25, 0.3) is 0 Å². The van der Waals surface area contributed by atoms with Crippen molar-refractivity contribution in [3.05, 3.63) is 0 Å². The Morgan fingerprint density at radius 2 is 0.724 bits per heavy atom. The molecule has 0 aromatic carbocycles. The van der Waals surface area contributed by atoms with Crippen LogP contribution in [0.15, 0.2) is 0 Å². The summed E-state index contributed by atoms with van der Waals surface area (Å²) in [6, 6.07) is 0. The average molecular weight is 500 g/mol. The zero-order valence-electron chi connectivity index (χ0n) is 12.1. The Morgan fingerprint density at radius 1 is 0.483 bits per heavy atom. The maximum Gasteiger partial charge on any atom is 0.433 e. The second kappa shape index (κ2) is 6.36. The Bertz CT molecular complexity index is 692. The Balaban J connectivity index is 8.26. The first kappa shape index (κ1) is 27.7. The summed E-state index contributed by atoms with van der Waals surface area (Å²) < 4.78 is 247. The largest absolute Gasteiger partial charge is 0.433 e.